The molecule has 0 bridgehead atoms. The first kappa shape index (κ1) is 20.7. The molecule has 0 heterocycles. The molecular formula is C20H22ClFN2O3. The second kappa shape index (κ2) is 9.92. The van der Waals surface area contributed by atoms with Gasteiger partial charge < -0.3 is 15.0 Å². The summed E-state index contributed by atoms with van der Waals surface area (Å²) in [6, 6.07) is 12.1. The van der Waals surface area contributed by atoms with Crippen molar-refractivity contribution in [1.82, 2.24) is 10.2 Å². The van der Waals surface area contributed by atoms with E-state index in [0.717, 1.165) is 5.56 Å². The summed E-state index contributed by atoms with van der Waals surface area (Å²) in [4.78, 5) is 26.4. The number of nitrogens with one attached hydrogen (secondary N) is 1. The van der Waals surface area contributed by atoms with Gasteiger partial charge in [-0.1, -0.05) is 35.9 Å². The molecule has 0 unspecified atom stereocenters. The van der Waals surface area contributed by atoms with Gasteiger partial charge in [-0.15, -0.1) is 0 Å². The standard InChI is InChI=1S/C20H22ClFN2O3/c1-3-23-20(26)14(2)24(12-15-8-10-16(21)11-9-15)19(25)13-27-18-7-5-4-6-17(18)22/h4-11,14H,3,12-13H2,1-2H3,(H,23,26)/t14-/m0/s1. The van der Waals surface area contributed by atoms with Crippen molar-refractivity contribution in [1.29, 1.82) is 0 Å². The Kier molecular flexibility index (Phi) is 7.61. The summed E-state index contributed by atoms with van der Waals surface area (Å²) in [5.74, 6) is -1.26. The fourth-order valence-corrected chi connectivity index (χ4v) is 2.60. The lowest BCUT2D eigenvalue weighted by atomic mass is 10.1. The molecule has 1 atom stereocenters. The highest BCUT2D eigenvalue weighted by molar-refractivity contribution is 6.30. The number of para-hydroxylation sites is 1. The first-order valence-corrected chi connectivity index (χ1v) is 8.99. The number of amides is 2. The Balaban J connectivity index is 2.14. The maximum atomic E-state index is 13.7. The van der Waals surface area contributed by atoms with E-state index in [-0.39, 0.29) is 24.8 Å². The smallest absolute Gasteiger partial charge is 0.261 e. The van der Waals surface area contributed by atoms with Crippen molar-refractivity contribution >= 4 is 23.4 Å². The van der Waals surface area contributed by atoms with Crippen molar-refractivity contribution in [2.75, 3.05) is 13.2 Å². The first-order chi connectivity index (χ1) is 12.9. The summed E-state index contributed by atoms with van der Waals surface area (Å²) in [7, 11) is 0. The predicted molar refractivity (Wildman–Crippen MR) is 102 cm³/mol. The van der Waals surface area contributed by atoms with Crippen molar-refractivity contribution in [2.45, 2.75) is 26.4 Å². The first-order valence-electron chi connectivity index (χ1n) is 8.61. The molecule has 0 aromatic heterocycles. The van der Waals surface area contributed by atoms with Crippen LogP contribution in [0.4, 0.5) is 4.39 Å². The van der Waals surface area contributed by atoms with E-state index in [9.17, 15) is 14.0 Å². The number of rotatable bonds is 8. The predicted octanol–water partition coefficient (Wildman–Crippen LogP) is 3.41. The molecule has 7 heteroatoms. The van der Waals surface area contributed by atoms with Gasteiger partial charge in [0.25, 0.3) is 5.91 Å². The summed E-state index contributed by atoms with van der Waals surface area (Å²) in [6.07, 6.45) is 0. The van der Waals surface area contributed by atoms with Crippen molar-refractivity contribution in [2.24, 2.45) is 0 Å². The number of carbonyl (C=O) groups is 2. The minimum absolute atomic E-state index is 0.0112. The molecule has 0 aliphatic carbocycles. The lowest BCUT2D eigenvalue weighted by Gasteiger charge is -2.28. The number of benzene rings is 2. The molecule has 27 heavy (non-hydrogen) atoms. The molecule has 144 valence electrons. The largest absolute Gasteiger partial charge is 0.481 e. The maximum absolute atomic E-state index is 13.7. The third-order valence-electron chi connectivity index (χ3n) is 3.97. The van der Waals surface area contributed by atoms with Crippen LogP contribution in [0, 0.1) is 5.82 Å². The number of hydrogen-bond acceptors (Lipinski definition) is 3. The summed E-state index contributed by atoms with van der Waals surface area (Å²) >= 11 is 5.90. The van der Waals surface area contributed by atoms with Crippen LogP contribution in [0.1, 0.15) is 19.4 Å². The van der Waals surface area contributed by atoms with Gasteiger partial charge >= 0.3 is 0 Å². The zero-order valence-electron chi connectivity index (χ0n) is 15.2. The fourth-order valence-electron chi connectivity index (χ4n) is 2.48. The monoisotopic (exact) mass is 392 g/mol. The topological polar surface area (TPSA) is 58.6 Å². The van der Waals surface area contributed by atoms with Gasteiger partial charge in [-0.3, -0.25) is 9.59 Å². The zero-order chi connectivity index (χ0) is 19.8. The number of carbonyl (C=O) groups excluding carboxylic acids is 2. The lowest BCUT2D eigenvalue weighted by Crippen LogP contribution is -2.49. The Morgan fingerprint density at radius 1 is 1.19 bits per heavy atom. The third-order valence-corrected chi connectivity index (χ3v) is 4.22. The van der Waals surface area contributed by atoms with Crippen LogP contribution in [0.2, 0.25) is 5.02 Å². The molecule has 0 aliphatic heterocycles. The van der Waals surface area contributed by atoms with Crippen LogP contribution in [0.25, 0.3) is 0 Å². The van der Waals surface area contributed by atoms with Gasteiger partial charge in [0.15, 0.2) is 18.2 Å². The number of halogens is 2. The Bertz CT molecular complexity index is 783. The van der Waals surface area contributed by atoms with Gasteiger partial charge in [-0.05, 0) is 43.7 Å². The maximum Gasteiger partial charge on any atom is 0.261 e. The number of likely N-dealkylation sites (N-methyl/N-ethyl adjacent to an activating group) is 1. The molecule has 2 aromatic rings. The summed E-state index contributed by atoms with van der Waals surface area (Å²) < 4.78 is 19.0. The average molecular weight is 393 g/mol. The molecule has 5 nitrogen and oxygen atoms in total. The van der Waals surface area contributed by atoms with Crippen molar-refractivity contribution < 1.29 is 18.7 Å². The molecule has 0 fully saturated rings. The van der Waals surface area contributed by atoms with E-state index in [1.54, 1.807) is 44.2 Å². The molecule has 0 radical (unpaired) electrons. The minimum Gasteiger partial charge on any atom is -0.481 e. The van der Waals surface area contributed by atoms with Gasteiger partial charge in [0.2, 0.25) is 5.91 Å². The van der Waals surface area contributed by atoms with Gasteiger partial charge in [-0.2, -0.15) is 0 Å². The van der Waals surface area contributed by atoms with Crippen LogP contribution < -0.4 is 10.1 Å². The summed E-state index contributed by atoms with van der Waals surface area (Å²) in [5, 5.41) is 3.28. The Hall–Kier alpha value is -2.60. The highest BCUT2D eigenvalue weighted by Crippen LogP contribution is 2.17. The van der Waals surface area contributed by atoms with Crippen molar-refractivity contribution in [3.8, 4) is 5.75 Å². The van der Waals surface area contributed by atoms with E-state index in [1.165, 1.54) is 23.1 Å². The molecule has 1 N–H and O–H groups in total. The Morgan fingerprint density at radius 2 is 1.85 bits per heavy atom. The van der Waals surface area contributed by atoms with E-state index in [0.29, 0.717) is 11.6 Å². The molecule has 0 aliphatic rings. The number of ether oxygens (including phenoxy) is 1. The molecule has 2 aromatic carbocycles. The molecule has 2 rings (SSSR count). The number of hydrogen-bond donors (Lipinski definition) is 1. The molecule has 2 amide bonds. The van der Waals surface area contributed by atoms with Crippen LogP contribution in [-0.2, 0) is 16.1 Å². The fraction of sp³-hybridized carbons (Fsp3) is 0.300. The molecule has 0 saturated carbocycles. The minimum atomic E-state index is -0.711. The highest BCUT2D eigenvalue weighted by Gasteiger charge is 2.26. The van der Waals surface area contributed by atoms with Gasteiger partial charge in [0.05, 0.1) is 0 Å². The SMILES string of the molecule is CCNC(=O)[C@H](C)N(Cc1ccc(Cl)cc1)C(=O)COc1ccccc1F. The zero-order valence-corrected chi connectivity index (χ0v) is 16.0. The van der Waals surface area contributed by atoms with Crippen molar-refractivity contribution in [3.05, 3.63) is 64.9 Å². The lowest BCUT2D eigenvalue weighted by molar-refractivity contribution is -0.142. The van der Waals surface area contributed by atoms with E-state index in [1.807, 2.05) is 0 Å². The molecular weight excluding hydrogens is 371 g/mol. The quantitative estimate of drug-likeness (QED) is 0.749. The van der Waals surface area contributed by atoms with Crippen LogP contribution in [0.15, 0.2) is 48.5 Å². The normalized spacial score (nSPS) is 11.6. The van der Waals surface area contributed by atoms with Gasteiger partial charge in [-0.25, -0.2) is 4.39 Å². The molecule has 0 spiro atoms. The summed E-state index contributed by atoms with van der Waals surface area (Å²) in [5.41, 5.74) is 0.815. The van der Waals surface area contributed by atoms with Crippen LogP contribution in [0.5, 0.6) is 5.75 Å². The van der Waals surface area contributed by atoms with Gasteiger partial charge in [0.1, 0.15) is 6.04 Å². The van der Waals surface area contributed by atoms with E-state index < -0.39 is 17.8 Å². The second-order valence-electron chi connectivity index (χ2n) is 5.94. The van der Waals surface area contributed by atoms with Crippen LogP contribution >= 0.6 is 11.6 Å². The van der Waals surface area contributed by atoms with Crippen LogP contribution in [0.3, 0.4) is 0 Å². The van der Waals surface area contributed by atoms with Crippen LogP contribution in [-0.4, -0.2) is 35.9 Å². The van der Waals surface area contributed by atoms with E-state index in [2.05, 4.69) is 5.32 Å². The molecule has 0 saturated heterocycles. The van der Waals surface area contributed by atoms with Gasteiger partial charge in [0, 0.05) is 18.1 Å². The van der Waals surface area contributed by atoms with E-state index in [4.69, 9.17) is 16.3 Å². The third kappa shape index (κ3) is 5.96. The highest BCUT2D eigenvalue weighted by atomic mass is 35.5. The second-order valence-corrected chi connectivity index (χ2v) is 6.37. The average Bonchev–Trinajstić information content (AvgIpc) is 2.66. The van der Waals surface area contributed by atoms with E-state index >= 15 is 0 Å². The number of nitrogens with zero attached hydrogens (tertiary/aromatic N) is 1. The Morgan fingerprint density at radius 3 is 2.48 bits per heavy atom. The summed E-state index contributed by atoms with van der Waals surface area (Å²) in [6.45, 7) is 3.73. The van der Waals surface area contributed by atoms with Crippen molar-refractivity contribution in [3.63, 3.8) is 0 Å². The Labute approximate surface area is 163 Å².